The van der Waals surface area contributed by atoms with Crippen LogP contribution in [0.15, 0.2) is 42.5 Å². The molecule has 3 rings (SSSR count). The van der Waals surface area contributed by atoms with Gasteiger partial charge in [0.2, 0.25) is 0 Å². The van der Waals surface area contributed by atoms with Gasteiger partial charge in [-0.1, -0.05) is 12.1 Å². The van der Waals surface area contributed by atoms with Gasteiger partial charge in [0.1, 0.15) is 0 Å². The number of piperidine rings is 1. The van der Waals surface area contributed by atoms with E-state index < -0.39 is 59.3 Å². The number of hydrogen-bond donors (Lipinski definition) is 0. The highest BCUT2D eigenvalue weighted by Crippen LogP contribution is 2.41. The normalized spacial score (nSPS) is 19.6. The highest BCUT2D eigenvalue weighted by molar-refractivity contribution is 5.69. The molecule has 1 aliphatic rings. The zero-order chi connectivity index (χ0) is 27.6. The zero-order valence-electron chi connectivity index (χ0n) is 19.6. The Morgan fingerprint density at radius 2 is 1.49 bits per heavy atom. The standard InChI is InChI=1S/C25H24F9NO2/c1-37-22(36)9-2-15-10-11-35(21(12-15)16-3-5-18(6-4-16)23(26,27)28)14-17-13-19(24(29,30)31)7-8-20(17)25(32,33)34/h3-8,13,15,21H,2,9-12,14H2,1H3/t15-,21+/m0/s1. The van der Waals surface area contributed by atoms with Crippen molar-refractivity contribution >= 4 is 5.97 Å². The number of carbonyl (C=O) groups is 1. The van der Waals surface area contributed by atoms with E-state index in [0.717, 1.165) is 12.1 Å². The lowest BCUT2D eigenvalue weighted by atomic mass is 9.84. The van der Waals surface area contributed by atoms with Crippen molar-refractivity contribution in [3.63, 3.8) is 0 Å². The largest absolute Gasteiger partial charge is 0.469 e. The van der Waals surface area contributed by atoms with E-state index in [2.05, 4.69) is 4.74 Å². The number of likely N-dealkylation sites (tertiary alicyclic amines) is 1. The number of nitrogens with zero attached hydrogens (tertiary/aromatic N) is 1. The highest BCUT2D eigenvalue weighted by Gasteiger charge is 2.39. The monoisotopic (exact) mass is 541 g/mol. The lowest BCUT2D eigenvalue weighted by molar-refractivity contribution is -0.142. The Labute approximate surface area is 207 Å². The summed E-state index contributed by atoms with van der Waals surface area (Å²) in [6.07, 6.45) is -13.1. The number of alkyl halides is 9. The number of rotatable bonds is 6. The second-order valence-electron chi connectivity index (χ2n) is 8.98. The number of ether oxygens (including phenoxy) is 1. The van der Waals surface area contributed by atoms with Gasteiger partial charge in [0.25, 0.3) is 0 Å². The molecule has 1 aliphatic heterocycles. The van der Waals surface area contributed by atoms with Crippen molar-refractivity contribution in [2.24, 2.45) is 5.92 Å². The van der Waals surface area contributed by atoms with Gasteiger partial charge in [0.05, 0.1) is 23.8 Å². The maximum atomic E-state index is 13.6. The number of hydrogen-bond acceptors (Lipinski definition) is 3. The SMILES string of the molecule is COC(=O)CC[C@H]1CCN(Cc2cc(C(F)(F)F)ccc2C(F)(F)F)[C@@H](c2ccc(C(F)(F)F)cc2)C1. The first-order valence-corrected chi connectivity index (χ1v) is 11.3. The molecule has 1 saturated heterocycles. The first-order valence-electron chi connectivity index (χ1n) is 11.3. The highest BCUT2D eigenvalue weighted by atomic mass is 19.4. The van der Waals surface area contributed by atoms with E-state index in [1.807, 2.05) is 0 Å². The van der Waals surface area contributed by atoms with Crippen molar-refractivity contribution < 1.29 is 49.0 Å². The van der Waals surface area contributed by atoms with Gasteiger partial charge in [-0.25, -0.2) is 0 Å². The molecule has 0 unspecified atom stereocenters. The molecule has 0 aliphatic carbocycles. The number of carbonyl (C=O) groups excluding carboxylic acids is 1. The van der Waals surface area contributed by atoms with Crippen LogP contribution in [0.1, 0.15) is 59.5 Å². The summed E-state index contributed by atoms with van der Waals surface area (Å²) in [7, 11) is 1.23. The molecule has 0 N–H and O–H groups in total. The van der Waals surface area contributed by atoms with E-state index in [9.17, 15) is 44.3 Å². The van der Waals surface area contributed by atoms with Gasteiger partial charge in [0, 0.05) is 19.0 Å². The average molecular weight is 541 g/mol. The Bertz CT molecular complexity index is 1080. The van der Waals surface area contributed by atoms with E-state index >= 15 is 0 Å². The van der Waals surface area contributed by atoms with Gasteiger partial charge >= 0.3 is 24.5 Å². The van der Waals surface area contributed by atoms with Crippen molar-refractivity contribution in [2.75, 3.05) is 13.7 Å². The molecular formula is C25H24F9NO2. The molecule has 2 aromatic rings. The number of methoxy groups -OCH3 is 1. The third-order valence-corrected chi connectivity index (χ3v) is 6.54. The fourth-order valence-corrected chi connectivity index (χ4v) is 4.60. The lowest BCUT2D eigenvalue weighted by Crippen LogP contribution is -2.37. The van der Waals surface area contributed by atoms with Crippen molar-refractivity contribution in [3.8, 4) is 0 Å². The molecule has 0 saturated carbocycles. The molecule has 37 heavy (non-hydrogen) atoms. The summed E-state index contributed by atoms with van der Waals surface area (Å²) in [5.41, 5.74) is -3.53. The van der Waals surface area contributed by atoms with E-state index in [1.54, 1.807) is 4.90 Å². The molecule has 204 valence electrons. The van der Waals surface area contributed by atoms with Gasteiger partial charge in [-0.2, -0.15) is 39.5 Å². The maximum Gasteiger partial charge on any atom is 0.416 e. The Morgan fingerprint density at radius 1 is 0.892 bits per heavy atom. The van der Waals surface area contributed by atoms with Crippen LogP contribution in [0.2, 0.25) is 0 Å². The second kappa shape index (κ2) is 10.9. The molecular weight excluding hydrogens is 517 g/mol. The summed E-state index contributed by atoms with van der Waals surface area (Å²) in [6, 6.07) is 4.73. The molecule has 3 nitrogen and oxygen atoms in total. The average Bonchev–Trinajstić information content (AvgIpc) is 2.81. The number of benzene rings is 2. The van der Waals surface area contributed by atoms with E-state index in [-0.39, 0.29) is 18.9 Å². The first kappa shape index (κ1) is 28.8. The van der Waals surface area contributed by atoms with Gasteiger partial charge in [0.15, 0.2) is 0 Å². The third kappa shape index (κ3) is 7.39. The molecule has 0 spiro atoms. The predicted molar refractivity (Wildman–Crippen MR) is 115 cm³/mol. The summed E-state index contributed by atoms with van der Waals surface area (Å²) in [4.78, 5) is 13.1. The van der Waals surface area contributed by atoms with Gasteiger partial charge in [-0.15, -0.1) is 0 Å². The number of halogens is 9. The Balaban J connectivity index is 1.96. The van der Waals surface area contributed by atoms with Crippen molar-refractivity contribution in [1.82, 2.24) is 4.90 Å². The van der Waals surface area contributed by atoms with Crippen LogP contribution in [0.5, 0.6) is 0 Å². The van der Waals surface area contributed by atoms with Crippen molar-refractivity contribution in [1.29, 1.82) is 0 Å². The van der Waals surface area contributed by atoms with Crippen LogP contribution in [0.4, 0.5) is 39.5 Å². The van der Waals surface area contributed by atoms with E-state index in [4.69, 9.17) is 0 Å². The van der Waals surface area contributed by atoms with Crippen LogP contribution in [0.25, 0.3) is 0 Å². The minimum Gasteiger partial charge on any atom is -0.469 e. The van der Waals surface area contributed by atoms with Crippen LogP contribution >= 0.6 is 0 Å². The summed E-state index contributed by atoms with van der Waals surface area (Å²) in [6.45, 7) is -0.320. The quantitative estimate of drug-likeness (QED) is 0.278. The molecule has 2 aromatic carbocycles. The van der Waals surface area contributed by atoms with Crippen LogP contribution in [0, 0.1) is 5.92 Å². The molecule has 0 aromatic heterocycles. The fourth-order valence-electron chi connectivity index (χ4n) is 4.60. The minimum atomic E-state index is -4.90. The minimum absolute atomic E-state index is 0.0900. The van der Waals surface area contributed by atoms with E-state index in [1.165, 1.54) is 19.2 Å². The summed E-state index contributed by atoms with van der Waals surface area (Å²) in [5, 5.41) is 0. The van der Waals surface area contributed by atoms with Crippen LogP contribution in [-0.2, 0) is 34.6 Å². The summed E-state index contributed by atoms with van der Waals surface area (Å²) < 4.78 is 124. The molecule has 1 heterocycles. The lowest BCUT2D eigenvalue weighted by Gasteiger charge is -2.40. The van der Waals surface area contributed by atoms with Crippen molar-refractivity contribution in [3.05, 3.63) is 70.3 Å². The molecule has 0 amide bonds. The molecule has 12 heteroatoms. The fraction of sp³-hybridized carbons (Fsp3) is 0.480. The van der Waals surface area contributed by atoms with Gasteiger partial charge in [-0.05, 0) is 73.2 Å². The van der Waals surface area contributed by atoms with Gasteiger partial charge in [-0.3, -0.25) is 9.69 Å². The smallest absolute Gasteiger partial charge is 0.416 e. The molecule has 1 fully saturated rings. The second-order valence-corrected chi connectivity index (χ2v) is 8.98. The molecule has 0 radical (unpaired) electrons. The van der Waals surface area contributed by atoms with Crippen molar-refractivity contribution in [2.45, 2.75) is 56.8 Å². The molecule has 0 bridgehead atoms. The topological polar surface area (TPSA) is 29.5 Å². The Hall–Kier alpha value is -2.76. The van der Waals surface area contributed by atoms with Crippen LogP contribution < -0.4 is 0 Å². The van der Waals surface area contributed by atoms with Gasteiger partial charge < -0.3 is 4.74 Å². The van der Waals surface area contributed by atoms with E-state index in [0.29, 0.717) is 43.0 Å². The van der Waals surface area contributed by atoms with Crippen LogP contribution in [0.3, 0.4) is 0 Å². The summed E-state index contributed by atoms with van der Waals surface area (Å²) >= 11 is 0. The first-order chi connectivity index (χ1) is 17.1. The predicted octanol–water partition coefficient (Wildman–Crippen LogP) is 7.65. The summed E-state index contributed by atoms with van der Waals surface area (Å²) in [5.74, 6) is -0.543. The number of esters is 1. The Kier molecular flexibility index (Phi) is 8.50. The zero-order valence-corrected chi connectivity index (χ0v) is 19.6. The Morgan fingerprint density at radius 3 is 2.03 bits per heavy atom. The third-order valence-electron chi connectivity index (χ3n) is 6.54. The molecule has 2 atom stereocenters. The maximum absolute atomic E-state index is 13.6. The van der Waals surface area contributed by atoms with Crippen LogP contribution in [-0.4, -0.2) is 24.5 Å².